The van der Waals surface area contributed by atoms with Gasteiger partial charge >= 0.3 is 6.03 Å². The fourth-order valence-corrected chi connectivity index (χ4v) is 3.20. The van der Waals surface area contributed by atoms with E-state index in [-0.39, 0.29) is 23.4 Å². The van der Waals surface area contributed by atoms with Crippen LogP contribution < -0.4 is 10.6 Å². The number of anilines is 1. The Labute approximate surface area is 92.1 Å². The molecule has 0 saturated carbocycles. The lowest BCUT2D eigenvalue weighted by atomic mass is 10.3. The van der Waals surface area contributed by atoms with Crippen molar-refractivity contribution >= 4 is 21.8 Å². The van der Waals surface area contributed by atoms with E-state index in [1.807, 2.05) is 0 Å². The summed E-state index contributed by atoms with van der Waals surface area (Å²) in [5, 5.41) is 8.37. The van der Waals surface area contributed by atoms with E-state index in [9.17, 15) is 13.2 Å². The molecule has 1 saturated heterocycles. The summed E-state index contributed by atoms with van der Waals surface area (Å²) in [6.07, 6.45) is 1.85. The second kappa shape index (κ2) is 4.12. The van der Waals surface area contributed by atoms with Crippen molar-refractivity contribution in [3.05, 3.63) is 12.3 Å². The number of hydrogen-bond acceptors (Lipinski definition) is 5. The zero-order valence-electron chi connectivity index (χ0n) is 8.34. The van der Waals surface area contributed by atoms with Crippen LogP contribution in [-0.4, -0.2) is 37.2 Å². The fraction of sp³-hybridized carbons (Fsp3) is 0.500. The Morgan fingerprint density at radius 3 is 2.94 bits per heavy atom. The maximum absolute atomic E-state index is 11.4. The Morgan fingerprint density at radius 1 is 1.56 bits per heavy atom. The Hall–Kier alpha value is -1.57. The van der Waals surface area contributed by atoms with E-state index >= 15 is 0 Å². The molecule has 16 heavy (non-hydrogen) atoms. The van der Waals surface area contributed by atoms with Crippen LogP contribution in [0.25, 0.3) is 0 Å². The summed E-state index contributed by atoms with van der Waals surface area (Å²) in [6, 6.07) is 0.678. The third-order valence-corrected chi connectivity index (χ3v) is 4.01. The number of urea groups is 1. The van der Waals surface area contributed by atoms with E-state index in [1.54, 1.807) is 0 Å². The summed E-state index contributed by atoms with van der Waals surface area (Å²) in [6.45, 7) is 0. The van der Waals surface area contributed by atoms with Gasteiger partial charge < -0.3 is 9.84 Å². The van der Waals surface area contributed by atoms with Crippen molar-refractivity contribution in [3.63, 3.8) is 0 Å². The second-order valence-electron chi connectivity index (χ2n) is 3.58. The number of aromatic nitrogens is 1. The predicted molar refractivity (Wildman–Crippen MR) is 55.7 cm³/mol. The van der Waals surface area contributed by atoms with Gasteiger partial charge in [0.2, 0.25) is 5.88 Å². The molecule has 1 fully saturated rings. The van der Waals surface area contributed by atoms with Gasteiger partial charge in [-0.25, -0.2) is 13.2 Å². The van der Waals surface area contributed by atoms with Crippen LogP contribution in [0.1, 0.15) is 6.42 Å². The molecule has 1 aliphatic rings. The van der Waals surface area contributed by atoms with E-state index in [2.05, 4.69) is 20.3 Å². The number of rotatable bonds is 2. The lowest BCUT2D eigenvalue weighted by Crippen LogP contribution is -2.38. The number of amides is 2. The van der Waals surface area contributed by atoms with Crippen LogP contribution in [-0.2, 0) is 9.84 Å². The average Bonchev–Trinajstić information content (AvgIpc) is 2.76. The molecule has 88 valence electrons. The number of carbonyl (C=O) groups excluding carboxylic acids is 1. The molecule has 2 rings (SSSR count). The SMILES string of the molecule is O=C(Nc1ccno1)NC1CCS(=O)(=O)C1. The van der Waals surface area contributed by atoms with E-state index in [1.165, 1.54) is 12.3 Å². The monoisotopic (exact) mass is 245 g/mol. The number of sulfone groups is 1. The summed E-state index contributed by atoms with van der Waals surface area (Å²) >= 11 is 0. The number of nitrogens with one attached hydrogen (secondary N) is 2. The van der Waals surface area contributed by atoms with Crippen molar-refractivity contribution in [1.82, 2.24) is 10.5 Å². The summed E-state index contributed by atoms with van der Waals surface area (Å²) in [7, 11) is -2.98. The zero-order valence-corrected chi connectivity index (χ0v) is 9.16. The van der Waals surface area contributed by atoms with Gasteiger partial charge in [0, 0.05) is 12.1 Å². The summed E-state index contributed by atoms with van der Waals surface area (Å²) in [5.41, 5.74) is 0. The summed E-state index contributed by atoms with van der Waals surface area (Å²) in [4.78, 5) is 11.4. The van der Waals surface area contributed by atoms with Crippen molar-refractivity contribution in [3.8, 4) is 0 Å². The lowest BCUT2D eigenvalue weighted by Gasteiger charge is -2.09. The minimum absolute atomic E-state index is 0.00315. The van der Waals surface area contributed by atoms with E-state index < -0.39 is 15.9 Å². The first-order valence-electron chi connectivity index (χ1n) is 4.74. The van der Waals surface area contributed by atoms with Gasteiger partial charge in [0.25, 0.3) is 0 Å². The minimum atomic E-state index is -2.98. The highest BCUT2D eigenvalue weighted by Gasteiger charge is 2.28. The van der Waals surface area contributed by atoms with Gasteiger partial charge in [-0.3, -0.25) is 5.32 Å². The van der Waals surface area contributed by atoms with Gasteiger partial charge in [-0.15, -0.1) is 0 Å². The van der Waals surface area contributed by atoms with Crippen molar-refractivity contribution < 1.29 is 17.7 Å². The maximum Gasteiger partial charge on any atom is 0.321 e. The normalized spacial score (nSPS) is 22.9. The molecule has 0 spiro atoms. The third-order valence-electron chi connectivity index (χ3n) is 2.24. The Morgan fingerprint density at radius 2 is 2.38 bits per heavy atom. The fourth-order valence-electron chi connectivity index (χ4n) is 1.52. The average molecular weight is 245 g/mol. The molecule has 2 N–H and O–H groups in total. The zero-order chi connectivity index (χ0) is 11.6. The smallest absolute Gasteiger partial charge is 0.321 e. The van der Waals surface area contributed by atoms with Crippen LogP contribution in [0.15, 0.2) is 16.8 Å². The largest absolute Gasteiger partial charge is 0.338 e. The van der Waals surface area contributed by atoms with Crippen molar-refractivity contribution in [2.24, 2.45) is 0 Å². The molecule has 0 bridgehead atoms. The van der Waals surface area contributed by atoms with Crippen molar-refractivity contribution in [2.75, 3.05) is 16.8 Å². The van der Waals surface area contributed by atoms with Gasteiger partial charge in [-0.05, 0) is 6.42 Å². The molecule has 7 nitrogen and oxygen atoms in total. The minimum Gasteiger partial charge on any atom is -0.338 e. The molecule has 1 aromatic rings. The molecule has 1 aliphatic heterocycles. The van der Waals surface area contributed by atoms with E-state index in [0.717, 1.165) is 0 Å². The topological polar surface area (TPSA) is 101 Å². The quantitative estimate of drug-likeness (QED) is 0.762. The molecule has 1 aromatic heterocycles. The number of nitrogens with zero attached hydrogens (tertiary/aromatic N) is 1. The van der Waals surface area contributed by atoms with Crippen LogP contribution in [0.4, 0.5) is 10.7 Å². The molecular formula is C8H11N3O4S. The summed E-state index contributed by atoms with van der Waals surface area (Å²) < 4.78 is 26.9. The van der Waals surface area contributed by atoms with Crippen LogP contribution in [0.5, 0.6) is 0 Å². The predicted octanol–water partition coefficient (Wildman–Crippen LogP) is -0.0168. The van der Waals surface area contributed by atoms with Gasteiger partial charge in [-0.2, -0.15) is 0 Å². The van der Waals surface area contributed by atoms with Crippen molar-refractivity contribution in [1.29, 1.82) is 0 Å². The molecule has 2 heterocycles. The third kappa shape index (κ3) is 2.72. The van der Waals surface area contributed by atoms with Gasteiger partial charge in [0.05, 0.1) is 17.7 Å². The number of hydrogen-bond donors (Lipinski definition) is 2. The highest BCUT2D eigenvalue weighted by Crippen LogP contribution is 2.11. The van der Waals surface area contributed by atoms with Crippen LogP contribution in [0.2, 0.25) is 0 Å². The molecule has 8 heteroatoms. The van der Waals surface area contributed by atoms with Gasteiger partial charge in [0.15, 0.2) is 9.84 Å². The van der Waals surface area contributed by atoms with Crippen molar-refractivity contribution in [2.45, 2.75) is 12.5 Å². The van der Waals surface area contributed by atoms with Gasteiger partial charge in [0.1, 0.15) is 0 Å². The van der Waals surface area contributed by atoms with Crippen LogP contribution >= 0.6 is 0 Å². The maximum atomic E-state index is 11.4. The molecule has 1 unspecified atom stereocenters. The Bertz CT molecular complexity index is 467. The molecule has 1 atom stereocenters. The standard InChI is InChI=1S/C8H11N3O4S/c12-8(11-7-1-3-9-15-7)10-6-2-4-16(13,14)5-6/h1,3,6H,2,4-5H2,(H2,10,11,12). The number of carbonyl (C=O) groups is 1. The Balaban J connectivity index is 1.85. The first-order valence-corrected chi connectivity index (χ1v) is 6.56. The van der Waals surface area contributed by atoms with Crippen LogP contribution in [0.3, 0.4) is 0 Å². The molecular weight excluding hydrogens is 234 g/mol. The highest BCUT2D eigenvalue weighted by atomic mass is 32.2. The molecule has 2 amide bonds. The molecule has 0 aliphatic carbocycles. The first kappa shape index (κ1) is 10.9. The van der Waals surface area contributed by atoms with E-state index in [0.29, 0.717) is 6.42 Å². The Kier molecular flexibility index (Phi) is 2.82. The first-order chi connectivity index (χ1) is 7.55. The lowest BCUT2D eigenvalue weighted by molar-refractivity contribution is 0.248. The van der Waals surface area contributed by atoms with Crippen LogP contribution in [0, 0.1) is 0 Å². The molecule has 0 aromatic carbocycles. The summed E-state index contributed by atoms with van der Waals surface area (Å²) in [5.74, 6) is 0.343. The highest BCUT2D eigenvalue weighted by molar-refractivity contribution is 7.91. The van der Waals surface area contributed by atoms with E-state index in [4.69, 9.17) is 0 Å². The molecule has 0 radical (unpaired) electrons. The van der Waals surface area contributed by atoms with Gasteiger partial charge in [-0.1, -0.05) is 5.16 Å². The second-order valence-corrected chi connectivity index (χ2v) is 5.80.